The molecule has 0 aliphatic carbocycles. The Hall–Kier alpha value is -2.11. The highest BCUT2D eigenvalue weighted by Crippen LogP contribution is 2.22. The molecule has 6 nitrogen and oxygen atoms in total. The summed E-state index contributed by atoms with van der Waals surface area (Å²) < 4.78 is 0. The lowest BCUT2D eigenvalue weighted by Gasteiger charge is -2.26. The topological polar surface area (TPSA) is 91.3 Å². The van der Waals surface area contributed by atoms with Crippen molar-refractivity contribution >= 4 is 17.7 Å². The number of carbonyl (C=O) groups excluding carboxylic acids is 1. The van der Waals surface area contributed by atoms with E-state index in [9.17, 15) is 9.59 Å². The van der Waals surface area contributed by atoms with Crippen LogP contribution in [0.3, 0.4) is 0 Å². The van der Waals surface area contributed by atoms with Crippen LogP contribution in [0.5, 0.6) is 0 Å². The number of carboxylic acids is 1. The number of carboxylic acid groups (broad SMARTS) is 1. The first-order valence-corrected chi connectivity index (χ1v) is 6.87. The number of pyridine rings is 1. The van der Waals surface area contributed by atoms with Crippen LogP contribution >= 0.6 is 0 Å². The molecular weight excluding hydrogens is 270 g/mol. The Morgan fingerprint density at radius 3 is 2.57 bits per heavy atom. The Bertz CT molecular complexity index is 509. The van der Waals surface area contributed by atoms with E-state index in [2.05, 4.69) is 15.6 Å². The molecule has 3 N–H and O–H groups in total. The van der Waals surface area contributed by atoms with Crippen molar-refractivity contribution < 1.29 is 14.7 Å². The summed E-state index contributed by atoms with van der Waals surface area (Å²) in [7, 11) is 0. The largest absolute Gasteiger partial charge is 0.481 e. The van der Waals surface area contributed by atoms with Crippen LogP contribution in [0.4, 0.5) is 10.5 Å². The SMILES string of the molecule is Cc1ccncc1NC(=O)NC(CC(=O)O)CC(C)(C)C. The number of anilines is 1. The van der Waals surface area contributed by atoms with Gasteiger partial charge in [0, 0.05) is 12.2 Å². The van der Waals surface area contributed by atoms with E-state index in [1.807, 2.05) is 27.7 Å². The molecule has 0 fully saturated rings. The van der Waals surface area contributed by atoms with Gasteiger partial charge in [0.1, 0.15) is 0 Å². The van der Waals surface area contributed by atoms with Crippen LogP contribution in [0.2, 0.25) is 0 Å². The number of aryl methyl sites for hydroxylation is 1. The Morgan fingerprint density at radius 2 is 2.05 bits per heavy atom. The number of aliphatic carboxylic acids is 1. The normalized spacial score (nSPS) is 12.6. The number of rotatable bonds is 5. The molecule has 1 atom stereocenters. The lowest BCUT2D eigenvalue weighted by atomic mass is 9.87. The van der Waals surface area contributed by atoms with Crippen LogP contribution in [0.25, 0.3) is 0 Å². The predicted octanol–water partition coefficient (Wildman–Crippen LogP) is 2.79. The maximum Gasteiger partial charge on any atom is 0.319 e. The summed E-state index contributed by atoms with van der Waals surface area (Å²) in [5, 5.41) is 14.4. The van der Waals surface area contributed by atoms with Crippen LogP contribution in [0.1, 0.15) is 39.2 Å². The van der Waals surface area contributed by atoms with Gasteiger partial charge in [-0.2, -0.15) is 0 Å². The van der Waals surface area contributed by atoms with Crippen molar-refractivity contribution in [3.63, 3.8) is 0 Å². The molecule has 0 aromatic carbocycles. The third-order valence-electron chi connectivity index (χ3n) is 2.90. The fraction of sp³-hybridized carbons (Fsp3) is 0.533. The number of hydrogen-bond acceptors (Lipinski definition) is 3. The van der Waals surface area contributed by atoms with E-state index < -0.39 is 18.0 Å². The van der Waals surface area contributed by atoms with Gasteiger partial charge in [0.15, 0.2) is 0 Å². The molecule has 116 valence electrons. The van der Waals surface area contributed by atoms with Crippen molar-refractivity contribution in [2.75, 3.05) is 5.32 Å². The number of urea groups is 1. The van der Waals surface area contributed by atoms with Crippen molar-refractivity contribution in [2.45, 2.75) is 46.6 Å². The van der Waals surface area contributed by atoms with Crippen molar-refractivity contribution in [3.8, 4) is 0 Å². The summed E-state index contributed by atoms with van der Waals surface area (Å²) >= 11 is 0. The lowest BCUT2D eigenvalue weighted by molar-refractivity contribution is -0.137. The van der Waals surface area contributed by atoms with E-state index in [1.165, 1.54) is 0 Å². The number of carbonyl (C=O) groups is 2. The number of nitrogens with zero attached hydrogens (tertiary/aromatic N) is 1. The first-order chi connectivity index (χ1) is 9.67. The molecule has 1 rings (SSSR count). The van der Waals surface area contributed by atoms with Gasteiger partial charge < -0.3 is 15.7 Å². The smallest absolute Gasteiger partial charge is 0.319 e. The maximum absolute atomic E-state index is 12.0. The number of aromatic nitrogens is 1. The number of amides is 2. The van der Waals surface area contributed by atoms with E-state index >= 15 is 0 Å². The Balaban J connectivity index is 2.67. The summed E-state index contributed by atoms with van der Waals surface area (Å²) in [5.41, 5.74) is 1.43. The van der Waals surface area contributed by atoms with Gasteiger partial charge in [0.05, 0.1) is 18.3 Å². The van der Waals surface area contributed by atoms with E-state index in [0.29, 0.717) is 12.1 Å². The van der Waals surface area contributed by atoms with Crippen LogP contribution in [-0.4, -0.2) is 28.1 Å². The molecular formula is C15H23N3O3. The first-order valence-electron chi connectivity index (χ1n) is 6.87. The second-order valence-electron chi connectivity index (χ2n) is 6.35. The quantitative estimate of drug-likeness (QED) is 0.778. The minimum absolute atomic E-state index is 0.0718. The van der Waals surface area contributed by atoms with Crippen molar-refractivity contribution in [3.05, 3.63) is 24.0 Å². The standard InChI is InChI=1S/C15H23N3O3/c1-10-5-6-16-9-12(10)18-14(21)17-11(7-13(19)20)8-15(2,3)4/h5-6,9,11H,7-8H2,1-4H3,(H,19,20)(H2,17,18,21). The monoisotopic (exact) mass is 293 g/mol. The zero-order chi connectivity index (χ0) is 16.0. The average molecular weight is 293 g/mol. The average Bonchev–Trinajstić information content (AvgIpc) is 2.28. The molecule has 0 saturated heterocycles. The van der Waals surface area contributed by atoms with Gasteiger partial charge in [-0.15, -0.1) is 0 Å². The molecule has 0 spiro atoms. The third-order valence-corrected chi connectivity index (χ3v) is 2.90. The predicted molar refractivity (Wildman–Crippen MR) is 81.2 cm³/mol. The molecule has 0 aliphatic rings. The second kappa shape index (κ2) is 7.06. The van der Waals surface area contributed by atoms with Crippen LogP contribution in [-0.2, 0) is 4.79 Å². The molecule has 0 saturated carbocycles. The van der Waals surface area contributed by atoms with Gasteiger partial charge in [0.2, 0.25) is 0 Å². The molecule has 6 heteroatoms. The van der Waals surface area contributed by atoms with Gasteiger partial charge in [-0.1, -0.05) is 20.8 Å². The van der Waals surface area contributed by atoms with Crippen LogP contribution in [0, 0.1) is 12.3 Å². The summed E-state index contributed by atoms with van der Waals surface area (Å²) in [4.78, 5) is 26.9. The van der Waals surface area contributed by atoms with Crippen LogP contribution < -0.4 is 10.6 Å². The van der Waals surface area contributed by atoms with Crippen molar-refractivity contribution in [1.82, 2.24) is 10.3 Å². The molecule has 0 bridgehead atoms. The summed E-state index contributed by atoms with van der Waals surface area (Å²) in [6.07, 6.45) is 3.69. The summed E-state index contributed by atoms with van der Waals surface area (Å²) in [6, 6.07) is 0.959. The molecule has 0 radical (unpaired) electrons. The molecule has 21 heavy (non-hydrogen) atoms. The third kappa shape index (κ3) is 6.74. The maximum atomic E-state index is 12.0. The van der Waals surface area contributed by atoms with Crippen LogP contribution in [0.15, 0.2) is 18.5 Å². The molecule has 1 unspecified atom stereocenters. The molecule has 1 aromatic rings. The van der Waals surface area contributed by atoms with Gasteiger partial charge in [-0.25, -0.2) is 4.79 Å². The fourth-order valence-electron chi connectivity index (χ4n) is 2.06. The minimum Gasteiger partial charge on any atom is -0.481 e. The van der Waals surface area contributed by atoms with Gasteiger partial charge in [-0.3, -0.25) is 9.78 Å². The zero-order valence-corrected chi connectivity index (χ0v) is 12.9. The number of hydrogen-bond donors (Lipinski definition) is 3. The van der Waals surface area contributed by atoms with E-state index in [4.69, 9.17) is 5.11 Å². The Morgan fingerprint density at radius 1 is 1.38 bits per heavy atom. The highest BCUT2D eigenvalue weighted by Gasteiger charge is 2.22. The Labute approximate surface area is 125 Å². The molecule has 1 heterocycles. The number of nitrogens with one attached hydrogen (secondary N) is 2. The van der Waals surface area contributed by atoms with Gasteiger partial charge in [-0.05, 0) is 30.4 Å². The minimum atomic E-state index is -0.929. The van der Waals surface area contributed by atoms with E-state index in [0.717, 1.165) is 5.56 Å². The second-order valence-corrected chi connectivity index (χ2v) is 6.35. The zero-order valence-electron chi connectivity index (χ0n) is 12.9. The van der Waals surface area contributed by atoms with Gasteiger partial charge >= 0.3 is 12.0 Å². The fourth-order valence-corrected chi connectivity index (χ4v) is 2.06. The first kappa shape index (κ1) is 16.9. The lowest BCUT2D eigenvalue weighted by Crippen LogP contribution is -2.41. The highest BCUT2D eigenvalue weighted by atomic mass is 16.4. The van der Waals surface area contributed by atoms with Gasteiger partial charge in [0.25, 0.3) is 0 Å². The highest BCUT2D eigenvalue weighted by molar-refractivity contribution is 5.90. The van der Waals surface area contributed by atoms with Crippen molar-refractivity contribution in [1.29, 1.82) is 0 Å². The van der Waals surface area contributed by atoms with E-state index in [-0.39, 0.29) is 11.8 Å². The summed E-state index contributed by atoms with van der Waals surface area (Å²) in [5.74, 6) is -0.929. The molecule has 1 aromatic heterocycles. The summed E-state index contributed by atoms with van der Waals surface area (Å²) in [6.45, 7) is 7.88. The molecule has 2 amide bonds. The van der Waals surface area contributed by atoms with E-state index in [1.54, 1.807) is 18.5 Å². The van der Waals surface area contributed by atoms with Crippen molar-refractivity contribution in [2.24, 2.45) is 5.41 Å². The molecule has 0 aliphatic heterocycles. The Kier molecular flexibility index (Phi) is 5.69.